The number of aromatic nitrogens is 2. The lowest BCUT2D eigenvalue weighted by molar-refractivity contribution is 0.0697. The molecule has 3 rings (SSSR count). The molecule has 0 saturated carbocycles. The van der Waals surface area contributed by atoms with Gasteiger partial charge in [0.2, 0.25) is 0 Å². The fourth-order valence-corrected chi connectivity index (χ4v) is 3.19. The third-order valence-electron chi connectivity index (χ3n) is 4.68. The highest BCUT2D eigenvalue weighted by atomic mass is 16.4. The molecular weight excluding hydrogens is 352 g/mol. The first-order valence-corrected chi connectivity index (χ1v) is 9.15. The predicted octanol–water partition coefficient (Wildman–Crippen LogP) is 3.65. The van der Waals surface area contributed by atoms with E-state index in [2.05, 4.69) is 11.8 Å². The molecule has 0 fully saturated rings. The van der Waals surface area contributed by atoms with Crippen LogP contribution in [0.2, 0.25) is 0 Å². The van der Waals surface area contributed by atoms with Crippen molar-refractivity contribution in [3.8, 4) is 23.0 Å². The maximum atomic E-state index is 12.6. The minimum absolute atomic E-state index is 0.0456. The lowest BCUT2D eigenvalue weighted by Gasteiger charge is -2.09. The minimum Gasteiger partial charge on any atom is -0.478 e. The lowest BCUT2D eigenvalue weighted by atomic mass is 9.99. The number of imidazole rings is 1. The summed E-state index contributed by atoms with van der Waals surface area (Å²) in [5.41, 5.74) is 3.59. The highest BCUT2D eigenvalue weighted by molar-refractivity contribution is 5.95. The van der Waals surface area contributed by atoms with E-state index in [9.17, 15) is 14.7 Å². The number of aryl methyl sites for hydroxylation is 1. The molecule has 3 aromatic rings. The van der Waals surface area contributed by atoms with Gasteiger partial charge < -0.3 is 5.11 Å². The van der Waals surface area contributed by atoms with Gasteiger partial charge in [-0.1, -0.05) is 48.4 Å². The van der Waals surface area contributed by atoms with Gasteiger partial charge in [-0.3, -0.25) is 9.13 Å². The van der Waals surface area contributed by atoms with E-state index in [1.165, 1.54) is 0 Å². The Bertz CT molecular complexity index is 1110. The topological polar surface area (TPSA) is 64.2 Å². The van der Waals surface area contributed by atoms with Crippen molar-refractivity contribution in [1.29, 1.82) is 0 Å². The number of carboxylic acid groups (broad SMARTS) is 1. The monoisotopic (exact) mass is 374 g/mol. The number of carbonyl (C=O) groups is 1. The van der Waals surface area contributed by atoms with Crippen molar-refractivity contribution in [3.05, 3.63) is 82.0 Å². The maximum absolute atomic E-state index is 12.6. The van der Waals surface area contributed by atoms with Crippen LogP contribution in [0, 0.1) is 11.8 Å². The summed E-state index contributed by atoms with van der Waals surface area (Å²) in [5, 5.41) is 9.38. The van der Waals surface area contributed by atoms with Gasteiger partial charge in [0.15, 0.2) is 0 Å². The van der Waals surface area contributed by atoms with Gasteiger partial charge in [-0.25, -0.2) is 9.59 Å². The average Bonchev–Trinajstić information content (AvgIpc) is 3.01. The van der Waals surface area contributed by atoms with Crippen molar-refractivity contribution in [1.82, 2.24) is 9.13 Å². The van der Waals surface area contributed by atoms with Crippen molar-refractivity contribution in [2.45, 2.75) is 33.4 Å². The highest BCUT2D eigenvalue weighted by Crippen LogP contribution is 2.24. The fourth-order valence-electron chi connectivity index (χ4n) is 3.19. The summed E-state index contributed by atoms with van der Waals surface area (Å²) in [4.78, 5) is 24.1. The first kappa shape index (κ1) is 19.2. The number of hydrogen-bond donors (Lipinski definition) is 1. The van der Waals surface area contributed by atoms with Crippen molar-refractivity contribution >= 4 is 5.97 Å². The molecule has 1 aromatic heterocycles. The first-order chi connectivity index (χ1) is 13.5. The second-order valence-corrected chi connectivity index (χ2v) is 6.43. The molecule has 0 spiro atoms. The number of benzene rings is 2. The quantitative estimate of drug-likeness (QED) is 0.670. The van der Waals surface area contributed by atoms with E-state index in [0.717, 1.165) is 16.8 Å². The Balaban J connectivity index is 1.92. The molecule has 142 valence electrons. The zero-order valence-electron chi connectivity index (χ0n) is 16.0. The van der Waals surface area contributed by atoms with E-state index in [-0.39, 0.29) is 11.3 Å². The van der Waals surface area contributed by atoms with E-state index in [0.29, 0.717) is 25.1 Å². The van der Waals surface area contributed by atoms with E-state index >= 15 is 0 Å². The van der Waals surface area contributed by atoms with E-state index < -0.39 is 5.97 Å². The van der Waals surface area contributed by atoms with Crippen LogP contribution in [0.5, 0.6) is 0 Å². The van der Waals surface area contributed by atoms with Gasteiger partial charge >= 0.3 is 11.7 Å². The molecule has 0 unspecified atom stereocenters. The highest BCUT2D eigenvalue weighted by Gasteiger charge is 2.12. The van der Waals surface area contributed by atoms with E-state index in [4.69, 9.17) is 0 Å². The fraction of sp³-hybridized carbons (Fsp3) is 0.217. The molecule has 0 aliphatic heterocycles. The Morgan fingerprint density at radius 2 is 1.82 bits per heavy atom. The Morgan fingerprint density at radius 3 is 2.46 bits per heavy atom. The third kappa shape index (κ3) is 3.91. The molecule has 0 aliphatic rings. The van der Waals surface area contributed by atoms with Crippen LogP contribution in [0.15, 0.2) is 59.5 Å². The Morgan fingerprint density at radius 1 is 1.11 bits per heavy atom. The zero-order valence-corrected chi connectivity index (χ0v) is 16.0. The first-order valence-electron chi connectivity index (χ1n) is 9.15. The van der Waals surface area contributed by atoms with Gasteiger partial charge in [0, 0.05) is 12.7 Å². The molecule has 5 heteroatoms. The summed E-state index contributed by atoms with van der Waals surface area (Å²) in [7, 11) is 0. The number of rotatable bonds is 6. The molecule has 1 heterocycles. The Hall–Kier alpha value is -3.52. The van der Waals surface area contributed by atoms with Crippen molar-refractivity contribution in [3.63, 3.8) is 0 Å². The van der Waals surface area contributed by atoms with Gasteiger partial charge in [0.05, 0.1) is 24.2 Å². The van der Waals surface area contributed by atoms with Crippen LogP contribution < -0.4 is 5.69 Å². The molecule has 0 radical (unpaired) electrons. The van der Waals surface area contributed by atoms with Gasteiger partial charge in [0.25, 0.3) is 0 Å². The lowest BCUT2D eigenvalue weighted by Crippen LogP contribution is -2.25. The molecule has 28 heavy (non-hydrogen) atoms. The van der Waals surface area contributed by atoms with E-state index in [1.54, 1.807) is 34.3 Å². The number of hydrogen-bond acceptors (Lipinski definition) is 2. The largest absolute Gasteiger partial charge is 0.478 e. The summed E-state index contributed by atoms with van der Waals surface area (Å²) in [6, 6.07) is 14.6. The summed E-state index contributed by atoms with van der Waals surface area (Å²) in [6.45, 7) is 4.79. The van der Waals surface area contributed by atoms with Crippen LogP contribution >= 0.6 is 0 Å². The van der Waals surface area contributed by atoms with Crippen molar-refractivity contribution in [2.24, 2.45) is 0 Å². The molecule has 0 aliphatic carbocycles. The summed E-state index contributed by atoms with van der Waals surface area (Å²) < 4.78 is 3.43. The van der Waals surface area contributed by atoms with Gasteiger partial charge in [-0.05, 0) is 36.6 Å². The van der Waals surface area contributed by atoms with Gasteiger partial charge in [-0.15, -0.1) is 5.92 Å². The molecule has 2 aromatic carbocycles. The molecule has 1 N–H and O–H groups in total. The Kier molecular flexibility index (Phi) is 5.81. The van der Waals surface area contributed by atoms with Crippen LogP contribution in [0.1, 0.15) is 35.5 Å². The Labute approximate surface area is 163 Å². The SMILES string of the molecule is CC#CCc1cn(CC)c(=O)n1Cc1ccc(-c2ccccc2C(=O)O)cc1. The average molecular weight is 374 g/mol. The minimum atomic E-state index is -0.950. The van der Waals surface area contributed by atoms with Crippen LogP contribution in [0.25, 0.3) is 11.1 Å². The van der Waals surface area contributed by atoms with Crippen LogP contribution in [-0.2, 0) is 19.5 Å². The number of carboxylic acids is 1. The molecular formula is C23H22N2O3. The van der Waals surface area contributed by atoms with Gasteiger partial charge in [0.1, 0.15) is 0 Å². The van der Waals surface area contributed by atoms with Crippen LogP contribution in [0.4, 0.5) is 0 Å². The van der Waals surface area contributed by atoms with Crippen LogP contribution in [-0.4, -0.2) is 20.2 Å². The third-order valence-corrected chi connectivity index (χ3v) is 4.68. The van der Waals surface area contributed by atoms with Crippen LogP contribution in [0.3, 0.4) is 0 Å². The van der Waals surface area contributed by atoms with Crippen molar-refractivity contribution < 1.29 is 9.90 Å². The standard InChI is InChI=1S/C23H22N2O3/c1-3-5-8-19-16-24(4-2)23(28)25(19)15-17-11-13-18(14-12-17)20-9-6-7-10-21(20)22(26)27/h6-7,9-14,16H,4,8,15H2,1-2H3,(H,26,27). The summed E-state index contributed by atoms with van der Waals surface area (Å²) in [6.07, 6.45) is 2.40. The van der Waals surface area contributed by atoms with Crippen molar-refractivity contribution in [2.75, 3.05) is 0 Å². The smallest absolute Gasteiger partial charge is 0.336 e. The molecule has 5 nitrogen and oxygen atoms in total. The summed E-state index contributed by atoms with van der Waals surface area (Å²) >= 11 is 0. The molecule has 0 atom stereocenters. The molecule has 0 amide bonds. The van der Waals surface area contributed by atoms with Gasteiger partial charge in [-0.2, -0.15) is 0 Å². The maximum Gasteiger partial charge on any atom is 0.336 e. The molecule has 0 bridgehead atoms. The second kappa shape index (κ2) is 8.45. The second-order valence-electron chi connectivity index (χ2n) is 6.43. The normalized spacial score (nSPS) is 10.4. The number of nitrogens with zero attached hydrogens (tertiary/aromatic N) is 2. The predicted molar refractivity (Wildman–Crippen MR) is 109 cm³/mol. The van der Waals surface area contributed by atoms with E-state index in [1.807, 2.05) is 43.5 Å². The zero-order chi connectivity index (χ0) is 20.1. The summed E-state index contributed by atoms with van der Waals surface area (Å²) in [5.74, 6) is 4.95. The molecule has 0 saturated heterocycles. The number of aromatic carboxylic acids is 1.